The van der Waals surface area contributed by atoms with Crippen LogP contribution in [-0.2, 0) is 14.1 Å². The molecule has 2 aromatic rings. The quantitative estimate of drug-likeness (QED) is 0.754. The number of aryl methyl sites for hydroxylation is 2. The topological polar surface area (TPSA) is 47.2 Å². The average molecular weight is 206 g/mol. The van der Waals surface area contributed by atoms with E-state index in [4.69, 9.17) is 0 Å². The van der Waals surface area contributed by atoms with Gasteiger partial charge in [-0.2, -0.15) is 0 Å². The SMILES string of the molecule is CC(O)c1cccc2c1n(C)c(=O)n2C. The monoisotopic (exact) mass is 206 g/mol. The number of benzene rings is 1. The van der Waals surface area contributed by atoms with Gasteiger partial charge in [0.2, 0.25) is 0 Å². The molecule has 1 aromatic carbocycles. The number of rotatable bonds is 1. The van der Waals surface area contributed by atoms with Crippen LogP contribution in [0, 0.1) is 0 Å². The van der Waals surface area contributed by atoms with Crippen molar-refractivity contribution in [2.45, 2.75) is 13.0 Å². The van der Waals surface area contributed by atoms with Gasteiger partial charge in [0, 0.05) is 19.7 Å². The van der Waals surface area contributed by atoms with Crippen LogP contribution in [0.1, 0.15) is 18.6 Å². The van der Waals surface area contributed by atoms with Gasteiger partial charge >= 0.3 is 5.69 Å². The molecule has 80 valence electrons. The lowest BCUT2D eigenvalue weighted by atomic mass is 10.1. The Morgan fingerprint density at radius 2 is 1.93 bits per heavy atom. The van der Waals surface area contributed by atoms with Gasteiger partial charge < -0.3 is 5.11 Å². The number of imidazole rings is 1. The second-order valence-electron chi connectivity index (χ2n) is 3.79. The Balaban J connectivity index is 2.98. The molecule has 1 atom stereocenters. The number of hydrogen-bond donors (Lipinski definition) is 1. The standard InChI is InChI=1S/C11H14N2O2/c1-7(14)8-5-4-6-9-10(8)13(3)11(15)12(9)2/h4-7,14H,1-3H3. The fourth-order valence-corrected chi connectivity index (χ4v) is 1.95. The molecule has 0 saturated carbocycles. The second-order valence-corrected chi connectivity index (χ2v) is 3.79. The molecule has 1 N–H and O–H groups in total. The number of aromatic nitrogens is 2. The molecule has 0 amide bonds. The van der Waals surface area contributed by atoms with Crippen LogP contribution in [0.3, 0.4) is 0 Å². The van der Waals surface area contributed by atoms with E-state index < -0.39 is 6.10 Å². The Hall–Kier alpha value is -1.55. The van der Waals surface area contributed by atoms with Gasteiger partial charge in [0.1, 0.15) is 0 Å². The zero-order valence-electron chi connectivity index (χ0n) is 9.06. The van der Waals surface area contributed by atoms with Crippen LogP contribution in [0.15, 0.2) is 23.0 Å². The molecule has 2 rings (SSSR count). The van der Waals surface area contributed by atoms with E-state index in [1.54, 1.807) is 30.2 Å². The van der Waals surface area contributed by atoms with Crippen molar-refractivity contribution in [3.05, 3.63) is 34.2 Å². The molecule has 0 aliphatic carbocycles. The summed E-state index contributed by atoms with van der Waals surface area (Å²) in [5, 5.41) is 9.62. The van der Waals surface area contributed by atoms with Crippen molar-refractivity contribution in [1.29, 1.82) is 0 Å². The molecule has 0 aliphatic heterocycles. The predicted octanol–water partition coefficient (Wildman–Crippen LogP) is 0.930. The van der Waals surface area contributed by atoms with Gasteiger partial charge in [-0.3, -0.25) is 9.13 Å². The van der Waals surface area contributed by atoms with Gasteiger partial charge in [-0.1, -0.05) is 12.1 Å². The van der Waals surface area contributed by atoms with Gasteiger partial charge in [0.25, 0.3) is 0 Å². The zero-order valence-corrected chi connectivity index (χ0v) is 9.06. The van der Waals surface area contributed by atoms with Gasteiger partial charge in [-0.05, 0) is 13.0 Å². The van der Waals surface area contributed by atoms with Crippen molar-refractivity contribution in [2.24, 2.45) is 14.1 Å². The summed E-state index contributed by atoms with van der Waals surface area (Å²) in [4.78, 5) is 11.7. The highest BCUT2D eigenvalue weighted by atomic mass is 16.3. The van der Waals surface area contributed by atoms with E-state index in [0.717, 1.165) is 16.6 Å². The first-order valence-electron chi connectivity index (χ1n) is 4.86. The summed E-state index contributed by atoms with van der Waals surface area (Å²) in [6.07, 6.45) is -0.568. The third-order valence-electron chi connectivity index (χ3n) is 2.77. The maximum absolute atomic E-state index is 11.7. The highest BCUT2D eigenvalue weighted by Gasteiger charge is 2.13. The smallest absolute Gasteiger partial charge is 0.328 e. The number of fused-ring (bicyclic) bond motifs is 1. The van der Waals surface area contributed by atoms with E-state index in [1.165, 1.54) is 0 Å². The minimum absolute atomic E-state index is 0.0712. The lowest BCUT2D eigenvalue weighted by molar-refractivity contribution is 0.200. The number of hydrogen-bond acceptors (Lipinski definition) is 2. The molecule has 15 heavy (non-hydrogen) atoms. The minimum Gasteiger partial charge on any atom is -0.389 e. The summed E-state index contributed by atoms with van der Waals surface area (Å²) in [6, 6.07) is 5.57. The van der Waals surface area contributed by atoms with Gasteiger partial charge in [-0.15, -0.1) is 0 Å². The summed E-state index contributed by atoms with van der Waals surface area (Å²) >= 11 is 0. The Bertz CT molecular complexity index is 564. The van der Waals surface area contributed by atoms with Crippen molar-refractivity contribution in [3.8, 4) is 0 Å². The van der Waals surface area contributed by atoms with Crippen molar-refractivity contribution >= 4 is 11.0 Å². The number of para-hydroxylation sites is 1. The van der Waals surface area contributed by atoms with Crippen molar-refractivity contribution in [1.82, 2.24) is 9.13 Å². The summed E-state index contributed by atoms with van der Waals surface area (Å²) in [7, 11) is 3.45. The van der Waals surface area contributed by atoms with E-state index in [9.17, 15) is 9.90 Å². The molecule has 0 saturated heterocycles. The highest BCUT2D eigenvalue weighted by Crippen LogP contribution is 2.22. The van der Waals surface area contributed by atoms with E-state index in [2.05, 4.69) is 0 Å². The van der Waals surface area contributed by atoms with Crippen molar-refractivity contribution < 1.29 is 5.11 Å². The molecule has 1 aromatic heterocycles. The summed E-state index contributed by atoms with van der Waals surface area (Å²) < 4.78 is 3.15. The summed E-state index contributed by atoms with van der Waals surface area (Å²) in [5.41, 5.74) is 2.37. The molecule has 0 fully saturated rings. The van der Waals surface area contributed by atoms with E-state index in [1.807, 2.05) is 18.2 Å². The van der Waals surface area contributed by atoms with Crippen LogP contribution in [-0.4, -0.2) is 14.2 Å². The Labute approximate surface area is 87.4 Å². The van der Waals surface area contributed by atoms with E-state index >= 15 is 0 Å². The minimum atomic E-state index is -0.568. The first-order chi connectivity index (χ1) is 7.04. The van der Waals surface area contributed by atoms with Crippen molar-refractivity contribution in [3.63, 3.8) is 0 Å². The first-order valence-corrected chi connectivity index (χ1v) is 4.86. The largest absolute Gasteiger partial charge is 0.389 e. The van der Waals surface area contributed by atoms with Gasteiger partial charge in [-0.25, -0.2) is 4.79 Å². The Kier molecular flexibility index (Phi) is 2.16. The molecule has 0 spiro atoms. The van der Waals surface area contributed by atoms with Crippen LogP contribution >= 0.6 is 0 Å². The van der Waals surface area contributed by atoms with Crippen LogP contribution < -0.4 is 5.69 Å². The molecule has 4 nitrogen and oxygen atoms in total. The number of aliphatic hydroxyl groups excluding tert-OH is 1. The van der Waals surface area contributed by atoms with Crippen molar-refractivity contribution in [2.75, 3.05) is 0 Å². The van der Waals surface area contributed by atoms with Crippen LogP contribution in [0.4, 0.5) is 0 Å². The zero-order chi connectivity index (χ0) is 11.2. The molecule has 4 heteroatoms. The maximum Gasteiger partial charge on any atom is 0.328 e. The lowest BCUT2D eigenvalue weighted by Crippen LogP contribution is -2.19. The second kappa shape index (κ2) is 3.24. The highest BCUT2D eigenvalue weighted by molar-refractivity contribution is 5.80. The molecule has 0 radical (unpaired) electrons. The fraction of sp³-hybridized carbons (Fsp3) is 0.364. The van der Waals surface area contributed by atoms with Crippen LogP contribution in [0.5, 0.6) is 0 Å². The van der Waals surface area contributed by atoms with Gasteiger partial charge in [0.15, 0.2) is 0 Å². The molecular weight excluding hydrogens is 192 g/mol. The average Bonchev–Trinajstić information content (AvgIpc) is 2.44. The normalized spacial score (nSPS) is 13.3. The molecule has 0 aliphatic rings. The number of nitrogens with zero attached hydrogens (tertiary/aromatic N) is 2. The third-order valence-corrected chi connectivity index (χ3v) is 2.77. The van der Waals surface area contributed by atoms with E-state index in [-0.39, 0.29) is 5.69 Å². The maximum atomic E-state index is 11.7. The summed E-state index contributed by atoms with van der Waals surface area (Å²) in [6.45, 7) is 1.70. The van der Waals surface area contributed by atoms with Gasteiger partial charge in [0.05, 0.1) is 17.1 Å². The van der Waals surface area contributed by atoms with E-state index in [0.29, 0.717) is 0 Å². The molecular formula is C11H14N2O2. The molecule has 1 unspecified atom stereocenters. The van der Waals surface area contributed by atoms with Crippen LogP contribution in [0.25, 0.3) is 11.0 Å². The predicted molar refractivity (Wildman–Crippen MR) is 58.8 cm³/mol. The molecule has 0 bridgehead atoms. The fourth-order valence-electron chi connectivity index (χ4n) is 1.95. The Morgan fingerprint density at radius 1 is 1.27 bits per heavy atom. The molecule has 1 heterocycles. The number of aliphatic hydroxyl groups is 1. The lowest BCUT2D eigenvalue weighted by Gasteiger charge is -2.07. The summed E-state index contributed by atoms with van der Waals surface area (Å²) in [5.74, 6) is 0. The first kappa shape index (κ1) is 9.98. The van der Waals surface area contributed by atoms with Crippen LogP contribution in [0.2, 0.25) is 0 Å². The third kappa shape index (κ3) is 1.29. The Morgan fingerprint density at radius 3 is 2.53 bits per heavy atom.